The summed E-state index contributed by atoms with van der Waals surface area (Å²) in [5.41, 5.74) is 0.952. The Labute approximate surface area is 192 Å². The second-order valence-corrected chi connectivity index (χ2v) is 6.97. The van der Waals surface area contributed by atoms with Crippen molar-refractivity contribution in [2.45, 2.75) is 25.9 Å². The molecule has 29 heavy (non-hydrogen) atoms. The van der Waals surface area contributed by atoms with E-state index >= 15 is 0 Å². The number of halogens is 3. The monoisotopic (exact) mass is 533 g/mol. The SMILES string of the molecule is CCNC(=NCc1ccc(Cl)cc1OC)NC1CCN(c2ncccc2F)C1.I. The molecule has 9 heteroatoms. The van der Waals surface area contributed by atoms with Crippen molar-refractivity contribution in [2.75, 3.05) is 31.6 Å². The Morgan fingerprint density at radius 1 is 1.41 bits per heavy atom. The third kappa shape index (κ3) is 6.33. The Bertz CT molecular complexity index is 838. The summed E-state index contributed by atoms with van der Waals surface area (Å²) < 4.78 is 19.4. The van der Waals surface area contributed by atoms with Crippen molar-refractivity contribution in [3.8, 4) is 5.75 Å². The Hall–Kier alpha value is -1.81. The van der Waals surface area contributed by atoms with E-state index in [0.717, 1.165) is 25.1 Å². The molecule has 0 amide bonds. The van der Waals surface area contributed by atoms with E-state index in [-0.39, 0.29) is 35.8 Å². The molecule has 0 bridgehead atoms. The van der Waals surface area contributed by atoms with Crippen molar-refractivity contribution >= 4 is 47.4 Å². The molecule has 3 rings (SSSR count). The van der Waals surface area contributed by atoms with Crippen LogP contribution < -0.4 is 20.3 Å². The van der Waals surface area contributed by atoms with Gasteiger partial charge < -0.3 is 20.3 Å². The number of aliphatic imine (C=N–C) groups is 1. The van der Waals surface area contributed by atoms with Gasteiger partial charge in [-0.05, 0) is 37.6 Å². The first-order valence-corrected chi connectivity index (χ1v) is 9.71. The van der Waals surface area contributed by atoms with Crippen molar-refractivity contribution in [3.05, 3.63) is 52.9 Å². The first kappa shape index (κ1) is 23.5. The number of hydrogen-bond acceptors (Lipinski definition) is 4. The summed E-state index contributed by atoms with van der Waals surface area (Å²) in [4.78, 5) is 10.8. The van der Waals surface area contributed by atoms with Crippen LogP contribution in [0.1, 0.15) is 18.9 Å². The lowest BCUT2D eigenvalue weighted by atomic mass is 10.2. The van der Waals surface area contributed by atoms with Gasteiger partial charge in [-0.2, -0.15) is 0 Å². The van der Waals surface area contributed by atoms with E-state index in [0.29, 0.717) is 35.6 Å². The molecule has 0 saturated carbocycles. The second kappa shape index (κ2) is 11.4. The van der Waals surface area contributed by atoms with Crippen molar-refractivity contribution in [2.24, 2.45) is 4.99 Å². The van der Waals surface area contributed by atoms with Gasteiger partial charge >= 0.3 is 0 Å². The summed E-state index contributed by atoms with van der Waals surface area (Å²) in [7, 11) is 1.62. The van der Waals surface area contributed by atoms with Crippen LogP contribution in [-0.4, -0.2) is 43.7 Å². The van der Waals surface area contributed by atoms with E-state index in [1.54, 1.807) is 25.4 Å². The minimum absolute atomic E-state index is 0. The molecule has 158 valence electrons. The maximum Gasteiger partial charge on any atom is 0.191 e. The fourth-order valence-electron chi connectivity index (χ4n) is 3.21. The van der Waals surface area contributed by atoms with Gasteiger partial charge in [-0.3, -0.25) is 0 Å². The summed E-state index contributed by atoms with van der Waals surface area (Å²) in [6, 6.07) is 8.72. The van der Waals surface area contributed by atoms with Crippen LogP contribution >= 0.6 is 35.6 Å². The van der Waals surface area contributed by atoms with Crippen molar-refractivity contribution < 1.29 is 9.13 Å². The lowest BCUT2D eigenvalue weighted by Gasteiger charge is -2.20. The summed E-state index contributed by atoms with van der Waals surface area (Å²) >= 11 is 6.02. The highest BCUT2D eigenvalue weighted by atomic mass is 127. The first-order valence-electron chi connectivity index (χ1n) is 9.33. The molecule has 2 heterocycles. The molecule has 1 aromatic carbocycles. The summed E-state index contributed by atoms with van der Waals surface area (Å²) in [6.45, 7) is 4.64. The molecule has 1 aliphatic rings. The van der Waals surface area contributed by atoms with E-state index < -0.39 is 0 Å². The number of ether oxygens (including phenoxy) is 1. The normalized spacial score (nSPS) is 16.3. The molecule has 0 aliphatic carbocycles. The summed E-state index contributed by atoms with van der Waals surface area (Å²) in [6.07, 6.45) is 2.49. The van der Waals surface area contributed by atoms with E-state index in [9.17, 15) is 4.39 Å². The van der Waals surface area contributed by atoms with Gasteiger partial charge in [0.15, 0.2) is 17.6 Å². The fraction of sp³-hybridized carbons (Fsp3) is 0.400. The molecule has 2 aromatic rings. The number of methoxy groups -OCH3 is 1. The van der Waals surface area contributed by atoms with Crippen LogP contribution in [0.2, 0.25) is 5.02 Å². The minimum Gasteiger partial charge on any atom is -0.496 e. The molecule has 0 radical (unpaired) electrons. The van der Waals surface area contributed by atoms with Gasteiger partial charge in [0.2, 0.25) is 0 Å². The third-order valence-corrected chi connectivity index (χ3v) is 4.80. The average molecular weight is 534 g/mol. The summed E-state index contributed by atoms with van der Waals surface area (Å²) in [5.74, 6) is 1.54. The van der Waals surface area contributed by atoms with Gasteiger partial charge in [0.1, 0.15) is 5.75 Å². The molecule has 1 fully saturated rings. The second-order valence-electron chi connectivity index (χ2n) is 6.54. The maximum absolute atomic E-state index is 14.0. The predicted octanol–water partition coefficient (Wildman–Crippen LogP) is 3.83. The van der Waals surface area contributed by atoms with Gasteiger partial charge in [0.05, 0.1) is 13.7 Å². The Morgan fingerprint density at radius 3 is 2.97 bits per heavy atom. The zero-order valence-corrected chi connectivity index (χ0v) is 19.6. The molecular weight excluding hydrogens is 508 g/mol. The molecule has 1 aromatic heterocycles. The van der Waals surface area contributed by atoms with Crippen LogP contribution in [0, 0.1) is 5.82 Å². The van der Waals surface area contributed by atoms with E-state index in [1.165, 1.54) is 6.07 Å². The third-order valence-electron chi connectivity index (χ3n) is 4.57. The zero-order chi connectivity index (χ0) is 19.9. The molecule has 2 N–H and O–H groups in total. The molecule has 1 atom stereocenters. The number of guanidine groups is 1. The van der Waals surface area contributed by atoms with E-state index in [4.69, 9.17) is 16.3 Å². The number of hydrogen-bond donors (Lipinski definition) is 2. The highest BCUT2D eigenvalue weighted by Gasteiger charge is 2.25. The first-order chi connectivity index (χ1) is 13.6. The number of nitrogens with zero attached hydrogens (tertiary/aromatic N) is 3. The van der Waals surface area contributed by atoms with Crippen LogP contribution in [0.15, 0.2) is 41.5 Å². The lowest BCUT2D eigenvalue weighted by molar-refractivity contribution is 0.410. The topological polar surface area (TPSA) is 61.8 Å². The lowest BCUT2D eigenvalue weighted by Crippen LogP contribution is -2.44. The summed E-state index contributed by atoms with van der Waals surface area (Å²) in [5, 5.41) is 7.32. The molecular formula is C20H26ClFIN5O. The van der Waals surface area contributed by atoms with Crippen LogP contribution in [0.3, 0.4) is 0 Å². The van der Waals surface area contributed by atoms with Gasteiger partial charge in [0.25, 0.3) is 0 Å². The Balaban J connectivity index is 0.00000300. The predicted molar refractivity (Wildman–Crippen MR) is 126 cm³/mol. The molecule has 6 nitrogen and oxygen atoms in total. The van der Waals surface area contributed by atoms with Crippen molar-refractivity contribution in [1.82, 2.24) is 15.6 Å². The van der Waals surface area contributed by atoms with E-state index in [1.807, 2.05) is 24.0 Å². The van der Waals surface area contributed by atoms with E-state index in [2.05, 4.69) is 20.6 Å². The quantitative estimate of drug-likeness (QED) is 0.336. The minimum atomic E-state index is -0.293. The smallest absolute Gasteiger partial charge is 0.191 e. The highest BCUT2D eigenvalue weighted by Crippen LogP contribution is 2.24. The van der Waals surface area contributed by atoms with Crippen molar-refractivity contribution in [1.29, 1.82) is 0 Å². The Kier molecular flexibility index (Phi) is 9.22. The molecule has 1 saturated heterocycles. The number of benzene rings is 1. The number of rotatable bonds is 6. The number of aromatic nitrogens is 1. The van der Waals surface area contributed by atoms with Gasteiger partial charge in [-0.15, -0.1) is 24.0 Å². The average Bonchev–Trinajstić information content (AvgIpc) is 3.15. The number of nitrogens with one attached hydrogen (secondary N) is 2. The van der Waals surface area contributed by atoms with Crippen LogP contribution in [0.5, 0.6) is 5.75 Å². The van der Waals surface area contributed by atoms with Gasteiger partial charge in [-0.1, -0.05) is 17.7 Å². The number of anilines is 1. The molecule has 0 spiro atoms. The van der Waals surface area contributed by atoms with Crippen molar-refractivity contribution in [3.63, 3.8) is 0 Å². The Morgan fingerprint density at radius 2 is 2.24 bits per heavy atom. The standard InChI is InChI=1S/C20H25ClFN5O.HI/c1-3-23-20(25-12-14-6-7-15(21)11-18(14)28-2)26-16-8-10-27(13-16)19-17(22)5-4-9-24-19;/h4-7,9,11,16H,3,8,10,12-13H2,1-2H3,(H2,23,25,26);1H. The highest BCUT2D eigenvalue weighted by molar-refractivity contribution is 14.0. The van der Waals surface area contributed by atoms with Gasteiger partial charge in [-0.25, -0.2) is 14.4 Å². The van der Waals surface area contributed by atoms with Crippen LogP contribution in [-0.2, 0) is 6.54 Å². The zero-order valence-electron chi connectivity index (χ0n) is 16.5. The number of pyridine rings is 1. The molecule has 1 aliphatic heterocycles. The maximum atomic E-state index is 14.0. The van der Waals surface area contributed by atoms with Gasteiger partial charge in [0, 0.05) is 42.5 Å². The fourth-order valence-corrected chi connectivity index (χ4v) is 3.37. The van der Waals surface area contributed by atoms with Crippen LogP contribution in [0.4, 0.5) is 10.2 Å². The van der Waals surface area contributed by atoms with Crippen LogP contribution in [0.25, 0.3) is 0 Å². The largest absolute Gasteiger partial charge is 0.496 e. The molecule has 1 unspecified atom stereocenters.